The van der Waals surface area contributed by atoms with E-state index < -0.39 is 23.1 Å². The van der Waals surface area contributed by atoms with Gasteiger partial charge in [-0.3, -0.25) is 9.78 Å². The first kappa shape index (κ1) is 18.3. The van der Waals surface area contributed by atoms with Crippen molar-refractivity contribution >= 4 is 24.9 Å². The van der Waals surface area contributed by atoms with E-state index in [0.717, 1.165) is 12.1 Å². The minimum Gasteiger partial charge on any atom is -0.326 e. The van der Waals surface area contributed by atoms with Gasteiger partial charge >= 0.3 is 0 Å². The van der Waals surface area contributed by atoms with Crippen LogP contribution in [-0.4, -0.2) is 17.8 Å². The first-order valence-electron chi connectivity index (χ1n) is 8.01. The number of aromatic amines is 1. The highest BCUT2D eigenvalue weighted by Gasteiger charge is 2.22. The Morgan fingerprint density at radius 1 is 1.19 bits per heavy atom. The highest BCUT2D eigenvalue weighted by molar-refractivity contribution is 6.32. The van der Waals surface area contributed by atoms with E-state index in [0.29, 0.717) is 11.3 Å². The van der Waals surface area contributed by atoms with Crippen LogP contribution in [0.5, 0.6) is 0 Å². The van der Waals surface area contributed by atoms with Gasteiger partial charge in [-0.05, 0) is 41.9 Å². The van der Waals surface area contributed by atoms with E-state index in [1.807, 2.05) is 6.07 Å². The second-order valence-electron chi connectivity index (χ2n) is 5.88. The zero-order chi connectivity index (χ0) is 19.6. The summed E-state index contributed by atoms with van der Waals surface area (Å²) in [5, 5.41) is 11.7. The minimum absolute atomic E-state index is 0.0545. The normalized spacial score (nSPS) is 11.6. The third kappa shape index (κ3) is 3.72. The molecule has 5 nitrogen and oxygen atoms in total. The maximum Gasteiger partial charge on any atom is 0.245 e. The minimum atomic E-state index is -0.880. The van der Waals surface area contributed by atoms with Crippen molar-refractivity contribution < 1.29 is 8.78 Å². The molecule has 1 atom stereocenters. The van der Waals surface area contributed by atoms with Crippen LogP contribution < -0.4 is 16.3 Å². The molecule has 0 bridgehead atoms. The molecule has 132 valence electrons. The van der Waals surface area contributed by atoms with Gasteiger partial charge in [0.1, 0.15) is 19.5 Å². The lowest BCUT2D eigenvalue weighted by Crippen LogP contribution is -2.34. The molecule has 0 fully saturated rings. The zero-order valence-electron chi connectivity index (χ0n) is 14.3. The molecule has 0 spiro atoms. The quantitative estimate of drug-likeness (QED) is 0.699. The molecule has 0 aliphatic heterocycles. The van der Waals surface area contributed by atoms with Crippen molar-refractivity contribution in [1.82, 2.24) is 9.97 Å². The van der Waals surface area contributed by atoms with Crippen LogP contribution in [0.2, 0.25) is 0 Å². The van der Waals surface area contributed by atoms with Gasteiger partial charge in [0.05, 0.1) is 17.3 Å². The highest BCUT2D eigenvalue weighted by atomic mass is 19.1. The fraction of sp³-hybridized carbons (Fsp3) is 0.105. The molecule has 0 saturated carbocycles. The van der Waals surface area contributed by atoms with Crippen molar-refractivity contribution in [3.63, 3.8) is 0 Å². The van der Waals surface area contributed by atoms with Crippen LogP contribution >= 0.6 is 0 Å². The lowest BCUT2D eigenvalue weighted by Gasteiger charge is -2.17. The molecule has 2 aromatic carbocycles. The molecule has 8 heteroatoms. The summed E-state index contributed by atoms with van der Waals surface area (Å²) in [6.07, 6.45) is 0. The summed E-state index contributed by atoms with van der Waals surface area (Å²) < 4.78 is 28.2. The van der Waals surface area contributed by atoms with Gasteiger partial charge in [0.25, 0.3) is 0 Å². The van der Waals surface area contributed by atoms with Gasteiger partial charge < -0.3 is 5.32 Å². The Morgan fingerprint density at radius 3 is 2.41 bits per heavy atom. The second-order valence-corrected chi connectivity index (χ2v) is 5.88. The van der Waals surface area contributed by atoms with E-state index >= 15 is 0 Å². The van der Waals surface area contributed by atoms with E-state index in [4.69, 9.17) is 13.1 Å². The van der Waals surface area contributed by atoms with Gasteiger partial charge in [0, 0.05) is 17.2 Å². The summed E-state index contributed by atoms with van der Waals surface area (Å²) in [5.74, 6) is -2.30. The number of nitrogens with zero attached hydrogens (tertiary/aromatic N) is 2. The highest BCUT2D eigenvalue weighted by Crippen LogP contribution is 2.26. The number of nitrogens with one attached hydrogen (secondary N) is 2. The first-order valence-corrected chi connectivity index (χ1v) is 8.01. The Kier molecular flexibility index (Phi) is 5.04. The van der Waals surface area contributed by atoms with E-state index in [1.165, 1.54) is 13.0 Å². The molecule has 1 aromatic heterocycles. The van der Waals surface area contributed by atoms with Crippen LogP contribution in [0.3, 0.4) is 0 Å². The first-order chi connectivity index (χ1) is 12.9. The van der Waals surface area contributed by atoms with Crippen LogP contribution in [0.4, 0.5) is 20.4 Å². The topological polar surface area (TPSA) is 81.6 Å². The lowest BCUT2D eigenvalue weighted by atomic mass is 9.86. The fourth-order valence-electron chi connectivity index (χ4n) is 2.72. The molecular weight excluding hydrogens is 349 g/mol. The maximum absolute atomic E-state index is 14.1. The molecule has 3 aromatic rings. The van der Waals surface area contributed by atoms with Gasteiger partial charge in [-0.1, -0.05) is 13.0 Å². The number of hydrogen-bond acceptors (Lipinski definition) is 4. The van der Waals surface area contributed by atoms with Gasteiger partial charge in [0.15, 0.2) is 0 Å². The Labute approximate surface area is 155 Å². The maximum atomic E-state index is 14.1. The summed E-state index contributed by atoms with van der Waals surface area (Å²) in [4.78, 5) is 18.9. The number of hydrogen-bond donors (Lipinski definition) is 2. The molecule has 0 amide bonds. The molecule has 2 radical (unpaired) electrons. The number of nitriles is 1. The molecule has 0 aliphatic carbocycles. The third-order valence-electron chi connectivity index (χ3n) is 4.10. The molecule has 0 saturated heterocycles. The van der Waals surface area contributed by atoms with Crippen molar-refractivity contribution in [1.29, 1.82) is 5.26 Å². The van der Waals surface area contributed by atoms with Crippen molar-refractivity contribution in [2.24, 2.45) is 0 Å². The lowest BCUT2D eigenvalue weighted by molar-refractivity contribution is 0.545. The monoisotopic (exact) mass is 362 g/mol. The molecule has 3 rings (SSSR count). The number of anilines is 2. The molecule has 27 heavy (non-hydrogen) atoms. The molecule has 1 heterocycles. The predicted molar refractivity (Wildman–Crippen MR) is 98.6 cm³/mol. The van der Waals surface area contributed by atoms with Crippen molar-refractivity contribution in [2.45, 2.75) is 12.8 Å². The number of halogens is 2. The molecule has 0 aliphatic rings. The molecular formula is C19H13BF2N4O. The Morgan fingerprint density at radius 2 is 1.81 bits per heavy atom. The fourth-order valence-corrected chi connectivity index (χ4v) is 2.72. The van der Waals surface area contributed by atoms with Crippen molar-refractivity contribution in [3.8, 4) is 6.07 Å². The molecule has 1 unspecified atom stereocenters. The van der Waals surface area contributed by atoms with E-state index in [-0.39, 0.29) is 22.7 Å². The van der Waals surface area contributed by atoms with E-state index in [2.05, 4.69) is 15.3 Å². The molecule has 2 N–H and O–H groups in total. The van der Waals surface area contributed by atoms with E-state index in [1.54, 1.807) is 24.3 Å². The van der Waals surface area contributed by atoms with Crippen molar-refractivity contribution in [2.75, 3.05) is 5.32 Å². The van der Waals surface area contributed by atoms with Gasteiger partial charge in [0.2, 0.25) is 11.5 Å². The van der Waals surface area contributed by atoms with Crippen LogP contribution in [0.1, 0.15) is 29.7 Å². The smallest absolute Gasteiger partial charge is 0.245 e. The van der Waals surface area contributed by atoms with Crippen LogP contribution in [0.15, 0.2) is 47.3 Å². The van der Waals surface area contributed by atoms with Gasteiger partial charge in [-0.2, -0.15) is 5.26 Å². The van der Waals surface area contributed by atoms with Crippen molar-refractivity contribution in [3.05, 3.63) is 81.3 Å². The van der Waals surface area contributed by atoms with Gasteiger partial charge in [-0.25, -0.2) is 13.8 Å². The second kappa shape index (κ2) is 7.42. The number of H-pyrrole nitrogens is 1. The number of benzene rings is 2. The van der Waals surface area contributed by atoms with Crippen LogP contribution in [-0.2, 0) is 0 Å². The SMILES string of the molecule is [B]c1c(C(C)c2c(F)cccc2F)nc(Nc2ccc(C#N)cc2)[nH]c1=O. The Balaban J connectivity index is 2.01. The summed E-state index contributed by atoms with van der Waals surface area (Å²) in [5.41, 5.74) is 0.0436. The predicted octanol–water partition coefficient (Wildman–Crippen LogP) is 2.61. The largest absolute Gasteiger partial charge is 0.326 e. The van der Waals surface area contributed by atoms with Gasteiger partial charge in [-0.15, -0.1) is 0 Å². The standard InChI is InChI=1S/C19H13BF2N4O/c1-10(15-13(21)3-2-4-14(15)22)17-16(20)18(27)26-19(25-17)24-12-7-5-11(9-23)6-8-12/h2-8,10H,1H3,(H2,24,25,26,27). The van der Waals surface area contributed by atoms with Crippen LogP contribution in [0, 0.1) is 23.0 Å². The summed E-state index contributed by atoms with van der Waals surface area (Å²) >= 11 is 0. The average molecular weight is 362 g/mol. The van der Waals surface area contributed by atoms with Crippen LogP contribution in [0.25, 0.3) is 0 Å². The average Bonchev–Trinajstić information content (AvgIpc) is 2.65. The van der Waals surface area contributed by atoms with E-state index in [9.17, 15) is 13.6 Å². The summed E-state index contributed by atoms with van der Waals surface area (Å²) in [6, 6.07) is 12.0. The zero-order valence-corrected chi connectivity index (χ0v) is 14.3. The Hall–Kier alpha value is -3.47. The third-order valence-corrected chi connectivity index (χ3v) is 4.10. The summed E-state index contributed by atoms with van der Waals surface area (Å²) in [7, 11) is 5.81. The Bertz CT molecular complexity index is 1070. The number of rotatable bonds is 4. The summed E-state index contributed by atoms with van der Waals surface area (Å²) in [6.45, 7) is 1.52. The number of aromatic nitrogens is 2.